The molecule has 0 fully saturated rings. The van der Waals surface area contributed by atoms with E-state index in [4.69, 9.17) is 0 Å². The fourth-order valence-corrected chi connectivity index (χ4v) is 3.87. The summed E-state index contributed by atoms with van der Waals surface area (Å²) in [6, 6.07) is 7.04. The van der Waals surface area contributed by atoms with E-state index in [0.717, 1.165) is 23.5 Å². The van der Waals surface area contributed by atoms with Gasteiger partial charge in [0.1, 0.15) is 5.82 Å². The molecule has 2 aromatic rings. The number of hydrogen-bond acceptors (Lipinski definition) is 6. The van der Waals surface area contributed by atoms with Crippen LogP contribution >= 0.6 is 11.5 Å². The minimum Gasteiger partial charge on any atom is -0.313 e. The molecule has 0 aliphatic carbocycles. The van der Waals surface area contributed by atoms with Crippen molar-refractivity contribution in [3.63, 3.8) is 0 Å². The summed E-state index contributed by atoms with van der Waals surface area (Å²) in [6.07, 6.45) is 0.878. The van der Waals surface area contributed by atoms with Gasteiger partial charge in [0.05, 0.1) is 4.90 Å². The van der Waals surface area contributed by atoms with Crippen molar-refractivity contribution in [3.8, 4) is 0 Å². The van der Waals surface area contributed by atoms with Crippen LogP contribution in [0.5, 0.6) is 0 Å². The molecule has 1 atom stereocenters. The average molecular weight is 326 g/mol. The van der Waals surface area contributed by atoms with Crippen molar-refractivity contribution in [2.75, 3.05) is 11.8 Å². The molecule has 8 heteroatoms. The standard InChI is InChI=1S/C13H18N4O2S2/c1-4-12(14-3)10-6-5-7-11(8-10)21(18,19)17-13-15-9(2)16-20-13/h5-8,12,14H,4H2,1-3H3,(H,15,16,17). The number of hydrogen-bond donors (Lipinski definition) is 2. The molecular formula is C13H18N4O2S2. The van der Waals surface area contributed by atoms with Gasteiger partial charge in [-0.05, 0) is 38.1 Å². The van der Waals surface area contributed by atoms with Gasteiger partial charge in [-0.15, -0.1) is 0 Å². The van der Waals surface area contributed by atoms with Gasteiger partial charge in [0.15, 0.2) is 0 Å². The number of aromatic nitrogens is 2. The topological polar surface area (TPSA) is 84.0 Å². The van der Waals surface area contributed by atoms with Crippen LogP contribution in [-0.4, -0.2) is 24.8 Å². The van der Waals surface area contributed by atoms with Gasteiger partial charge in [-0.2, -0.15) is 4.37 Å². The normalized spacial score (nSPS) is 13.1. The number of nitrogens with one attached hydrogen (secondary N) is 2. The van der Waals surface area contributed by atoms with Gasteiger partial charge >= 0.3 is 0 Å². The van der Waals surface area contributed by atoms with E-state index in [2.05, 4.69) is 19.4 Å². The second-order valence-corrected chi connectivity index (χ2v) is 7.01. The van der Waals surface area contributed by atoms with Gasteiger partial charge < -0.3 is 5.32 Å². The summed E-state index contributed by atoms with van der Waals surface area (Å²) in [5.41, 5.74) is 0.941. The summed E-state index contributed by atoms with van der Waals surface area (Å²) in [5.74, 6) is 0.549. The molecule has 0 amide bonds. The van der Waals surface area contributed by atoms with Crippen LogP contribution in [0.1, 0.15) is 30.8 Å². The Labute approximate surface area is 128 Å². The van der Waals surface area contributed by atoms with Crippen LogP contribution in [0, 0.1) is 6.92 Å². The molecule has 0 saturated carbocycles. The van der Waals surface area contributed by atoms with E-state index in [-0.39, 0.29) is 16.1 Å². The molecule has 2 rings (SSSR count). The second-order valence-electron chi connectivity index (χ2n) is 4.57. The summed E-state index contributed by atoms with van der Waals surface area (Å²) in [6.45, 7) is 3.76. The van der Waals surface area contributed by atoms with Crippen molar-refractivity contribution in [1.29, 1.82) is 0 Å². The molecule has 0 radical (unpaired) electrons. The number of aryl methyl sites for hydroxylation is 1. The highest BCUT2D eigenvalue weighted by molar-refractivity contribution is 7.93. The summed E-state index contributed by atoms with van der Waals surface area (Å²) >= 11 is 1.03. The Balaban J connectivity index is 2.29. The molecular weight excluding hydrogens is 308 g/mol. The molecule has 0 saturated heterocycles. The molecule has 114 valence electrons. The van der Waals surface area contributed by atoms with Gasteiger partial charge in [-0.25, -0.2) is 13.4 Å². The zero-order valence-electron chi connectivity index (χ0n) is 12.1. The van der Waals surface area contributed by atoms with Crippen LogP contribution in [0.3, 0.4) is 0 Å². The Kier molecular flexibility index (Phi) is 4.92. The predicted octanol–water partition coefficient (Wildman–Crippen LogP) is 2.32. The maximum Gasteiger partial charge on any atom is 0.263 e. The van der Waals surface area contributed by atoms with E-state index >= 15 is 0 Å². The minimum atomic E-state index is -3.64. The fraction of sp³-hybridized carbons (Fsp3) is 0.385. The fourth-order valence-electron chi connectivity index (χ4n) is 2.02. The molecule has 21 heavy (non-hydrogen) atoms. The minimum absolute atomic E-state index is 0.129. The highest BCUT2D eigenvalue weighted by Gasteiger charge is 2.18. The lowest BCUT2D eigenvalue weighted by atomic mass is 10.1. The summed E-state index contributed by atoms with van der Waals surface area (Å²) in [4.78, 5) is 4.24. The zero-order valence-corrected chi connectivity index (χ0v) is 13.8. The monoisotopic (exact) mass is 326 g/mol. The van der Waals surface area contributed by atoms with Gasteiger partial charge in [-0.1, -0.05) is 19.1 Å². The number of nitrogens with zero attached hydrogens (tertiary/aromatic N) is 2. The molecule has 0 aliphatic rings. The quantitative estimate of drug-likeness (QED) is 0.851. The Morgan fingerprint density at radius 3 is 2.71 bits per heavy atom. The van der Waals surface area contributed by atoms with Crippen LogP contribution in [0.4, 0.5) is 5.13 Å². The average Bonchev–Trinajstić information content (AvgIpc) is 2.85. The Bertz CT molecular complexity index is 708. The lowest BCUT2D eigenvalue weighted by molar-refractivity contribution is 0.574. The van der Waals surface area contributed by atoms with Crippen LogP contribution in [0.15, 0.2) is 29.2 Å². The summed E-state index contributed by atoms with van der Waals surface area (Å²) in [7, 11) is -1.78. The van der Waals surface area contributed by atoms with E-state index in [0.29, 0.717) is 5.82 Å². The van der Waals surface area contributed by atoms with Crippen molar-refractivity contribution in [2.45, 2.75) is 31.2 Å². The number of anilines is 1. The molecule has 1 heterocycles. The van der Waals surface area contributed by atoms with Crippen LogP contribution in [0.2, 0.25) is 0 Å². The number of rotatable bonds is 6. The molecule has 1 unspecified atom stereocenters. The van der Waals surface area contributed by atoms with E-state index in [1.807, 2.05) is 20.0 Å². The van der Waals surface area contributed by atoms with Crippen molar-refractivity contribution < 1.29 is 8.42 Å². The first-order valence-corrected chi connectivity index (χ1v) is 8.82. The third-order valence-electron chi connectivity index (χ3n) is 3.08. The van der Waals surface area contributed by atoms with Gasteiger partial charge in [0.2, 0.25) is 5.13 Å². The molecule has 6 nitrogen and oxygen atoms in total. The van der Waals surface area contributed by atoms with Crippen molar-refractivity contribution in [1.82, 2.24) is 14.7 Å². The Morgan fingerprint density at radius 2 is 2.14 bits per heavy atom. The van der Waals surface area contributed by atoms with E-state index in [1.54, 1.807) is 25.1 Å². The maximum absolute atomic E-state index is 12.4. The van der Waals surface area contributed by atoms with Crippen LogP contribution in [-0.2, 0) is 10.0 Å². The smallest absolute Gasteiger partial charge is 0.263 e. The van der Waals surface area contributed by atoms with E-state index in [9.17, 15) is 8.42 Å². The molecule has 0 bridgehead atoms. The van der Waals surface area contributed by atoms with Gasteiger partial charge in [0.25, 0.3) is 10.0 Å². The third kappa shape index (κ3) is 3.78. The summed E-state index contributed by atoms with van der Waals surface area (Å²) < 4.78 is 31.2. The first kappa shape index (κ1) is 15.9. The molecule has 0 aliphatic heterocycles. The van der Waals surface area contributed by atoms with Crippen LogP contribution < -0.4 is 10.0 Å². The second kappa shape index (κ2) is 6.50. The van der Waals surface area contributed by atoms with E-state index < -0.39 is 10.0 Å². The Morgan fingerprint density at radius 1 is 1.38 bits per heavy atom. The molecule has 1 aromatic heterocycles. The largest absolute Gasteiger partial charge is 0.313 e. The lowest BCUT2D eigenvalue weighted by Crippen LogP contribution is -2.17. The Hall–Kier alpha value is -1.51. The van der Waals surface area contributed by atoms with Crippen molar-refractivity contribution in [3.05, 3.63) is 35.7 Å². The first-order valence-electron chi connectivity index (χ1n) is 6.56. The number of benzene rings is 1. The van der Waals surface area contributed by atoms with Gasteiger partial charge in [-0.3, -0.25) is 4.72 Å². The predicted molar refractivity (Wildman–Crippen MR) is 84.0 cm³/mol. The highest BCUT2D eigenvalue weighted by Crippen LogP contribution is 2.22. The number of sulfonamides is 1. The SMILES string of the molecule is CCC(NC)c1cccc(S(=O)(=O)Nc2nc(C)ns2)c1. The third-order valence-corrected chi connectivity index (χ3v) is 5.26. The van der Waals surface area contributed by atoms with Crippen LogP contribution in [0.25, 0.3) is 0 Å². The molecule has 1 aromatic carbocycles. The van der Waals surface area contributed by atoms with Crippen molar-refractivity contribution >= 4 is 26.7 Å². The molecule has 2 N–H and O–H groups in total. The first-order chi connectivity index (χ1) is 9.96. The summed E-state index contributed by atoms with van der Waals surface area (Å²) in [5, 5.41) is 3.44. The van der Waals surface area contributed by atoms with Gasteiger partial charge in [0, 0.05) is 17.6 Å². The highest BCUT2D eigenvalue weighted by atomic mass is 32.2. The zero-order chi connectivity index (χ0) is 15.5. The van der Waals surface area contributed by atoms with E-state index in [1.165, 1.54) is 0 Å². The lowest BCUT2D eigenvalue weighted by Gasteiger charge is -2.15. The maximum atomic E-state index is 12.4. The molecule has 0 spiro atoms. The van der Waals surface area contributed by atoms with Crippen molar-refractivity contribution in [2.24, 2.45) is 0 Å².